The lowest BCUT2D eigenvalue weighted by Gasteiger charge is -2.37. The largest absolute Gasteiger partial charge is 0.497 e. The number of esters is 1. The number of benzene rings is 2. The Labute approximate surface area is 279 Å². The highest BCUT2D eigenvalue weighted by molar-refractivity contribution is 6.05. The smallest absolute Gasteiger partial charge is 0.313 e. The lowest BCUT2D eigenvalue weighted by molar-refractivity contribution is -0.162. The summed E-state index contributed by atoms with van der Waals surface area (Å²) in [7, 11) is 3.05. The molecule has 0 radical (unpaired) electrons. The maximum absolute atomic E-state index is 14.6. The van der Waals surface area contributed by atoms with Gasteiger partial charge in [-0.1, -0.05) is 54.6 Å². The highest BCUT2D eigenvalue weighted by Gasteiger charge is 2.72. The molecule has 12 nitrogen and oxygen atoms in total. The summed E-state index contributed by atoms with van der Waals surface area (Å²) in [4.78, 5) is 59.6. The molecule has 3 amide bonds. The number of carbonyl (C=O) groups excluding carboxylic acids is 4. The van der Waals surface area contributed by atoms with E-state index in [0.29, 0.717) is 23.4 Å². The molecule has 2 fully saturated rings. The van der Waals surface area contributed by atoms with Gasteiger partial charge in [-0.15, -0.1) is 0 Å². The van der Waals surface area contributed by atoms with Gasteiger partial charge >= 0.3 is 5.97 Å². The summed E-state index contributed by atoms with van der Waals surface area (Å²) in [5, 5.41) is 13.2. The third-order valence-corrected chi connectivity index (χ3v) is 9.62. The topological polar surface area (TPSA) is 144 Å². The summed E-state index contributed by atoms with van der Waals surface area (Å²) in [5.41, 5.74) is -0.317. The number of aliphatic hydroxyl groups is 1. The van der Waals surface area contributed by atoms with Crippen molar-refractivity contribution in [2.24, 2.45) is 11.8 Å². The molecule has 2 aromatic rings. The summed E-state index contributed by atoms with van der Waals surface area (Å²) in [6.45, 7) is 1.50. The number of likely N-dealkylation sites (tertiary alicyclic amines) is 1. The predicted octanol–water partition coefficient (Wildman–Crippen LogP) is 2.33. The minimum Gasteiger partial charge on any atom is -0.497 e. The van der Waals surface area contributed by atoms with Crippen molar-refractivity contribution >= 4 is 29.4 Å². The average Bonchev–Trinajstić information content (AvgIpc) is 3.49. The maximum Gasteiger partial charge on any atom is 0.313 e. The quantitative estimate of drug-likeness (QED) is 0.338. The Kier molecular flexibility index (Phi) is 9.68. The van der Waals surface area contributed by atoms with Crippen LogP contribution in [0.5, 0.6) is 5.75 Å². The highest BCUT2D eigenvalue weighted by atomic mass is 16.6. The van der Waals surface area contributed by atoms with E-state index in [0.717, 1.165) is 0 Å². The summed E-state index contributed by atoms with van der Waals surface area (Å²) in [5.74, 6) is -3.49. The molecule has 48 heavy (non-hydrogen) atoms. The van der Waals surface area contributed by atoms with E-state index in [4.69, 9.17) is 18.9 Å². The fraction of sp³-hybridized carbons (Fsp3) is 0.444. The first kappa shape index (κ1) is 33.4. The second kappa shape index (κ2) is 13.9. The molecule has 4 heterocycles. The zero-order valence-electron chi connectivity index (χ0n) is 27.2. The molecule has 8 atom stereocenters. The highest BCUT2D eigenvalue weighted by Crippen LogP contribution is 2.54. The summed E-state index contributed by atoms with van der Waals surface area (Å²) < 4.78 is 23.7. The number of cyclic esters (lactones) is 1. The lowest BCUT2D eigenvalue weighted by Crippen LogP contribution is -2.57. The molecule has 12 heteroatoms. The molecular weight excluding hydrogens is 618 g/mol. The minimum atomic E-state index is -1.54. The molecule has 2 saturated heterocycles. The van der Waals surface area contributed by atoms with Crippen LogP contribution in [0.15, 0.2) is 78.9 Å². The first-order valence-electron chi connectivity index (χ1n) is 16.2. The second-order valence-corrected chi connectivity index (χ2v) is 12.5. The summed E-state index contributed by atoms with van der Waals surface area (Å²) >= 11 is 0. The second-order valence-electron chi connectivity index (χ2n) is 12.5. The molecule has 2 aromatic carbocycles. The SMILES string of the molecule is COC[C@@H]1NC(=O)CC/C=C\[C@@H]2O[C@@]34C=CCN(c5ccc(OC)cc5)C(=O)[C@@H]3N([C@H](C)CO)C(=O)[C@H]4[C@@H]2C(=O)O[C@H]1c1ccccc1. The van der Waals surface area contributed by atoms with Crippen LogP contribution in [0.1, 0.15) is 31.4 Å². The number of methoxy groups -OCH3 is 2. The van der Waals surface area contributed by atoms with Gasteiger partial charge in [-0.2, -0.15) is 0 Å². The van der Waals surface area contributed by atoms with Crippen LogP contribution in [-0.2, 0) is 33.4 Å². The normalized spacial score (nSPS) is 31.8. The molecule has 254 valence electrons. The molecule has 2 N–H and O–H groups in total. The van der Waals surface area contributed by atoms with Crippen LogP contribution in [0.2, 0.25) is 0 Å². The zero-order chi connectivity index (χ0) is 34.0. The molecule has 6 rings (SSSR count). The fourth-order valence-electron chi connectivity index (χ4n) is 7.39. The average molecular weight is 660 g/mol. The number of amides is 3. The van der Waals surface area contributed by atoms with Crippen molar-refractivity contribution in [1.29, 1.82) is 0 Å². The molecule has 0 unspecified atom stereocenters. The molecular formula is C36H41N3O9. The van der Waals surface area contributed by atoms with Gasteiger partial charge in [0.25, 0.3) is 5.91 Å². The standard InChI is InChI=1S/C36H41N3O9/c1-22(20-40)39-32-34(43)38(24-14-16-25(46-3)17-15-24)19-9-18-36(32)30(33(39)42)29-27(48-36)12-7-8-13-28(41)37-26(21-45-2)31(47-35(29)44)23-10-5-4-6-11-23/h4-7,9-12,14-18,22,26-27,29-32,40H,8,13,19-21H2,1-3H3,(H,37,41)/b12-7-/t22-,26+,27+,29-,30-,31+,32+,36-/m1/s1. The van der Waals surface area contributed by atoms with Crippen LogP contribution in [-0.4, -0.2) is 97.5 Å². The number of nitrogens with zero attached hydrogens (tertiary/aromatic N) is 2. The molecule has 4 aliphatic heterocycles. The number of ether oxygens (including phenoxy) is 4. The third-order valence-electron chi connectivity index (χ3n) is 9.62. The van der Waals surface area contributed by atoms with Gasteiger partial charge in [-0.3, -0.25) is 19.2 Å². The Bertz CT molecular complexity index is 1580. The van der Waals surface area contributed by atoms with Crippen molar-refractivity contribution in [3.05, 3.63) is 84.5 Å². The number of nitrogens with one attached hydrogen (secondary N) is 1. The van der Waals surface area contributed by atoms with Crippen molar-refractivity contribution in [1.82, 2.24) is 10.2 Å². The Balaban J connectivity index is 1.44. The Morgan fingerprint density at radius 3 is 2.46 bits per heavy atom. The number of aliphatic hydroxyl groups excluding tert-OH is 1. The monoisotopic (exact) mass is 659 g/mol. The van der Waals surface area contributed by atoms with Crippen molar-refractivity contribution in [2.45, 2.75) is 55.7 Å². The van der Waals surface area contributed by atoms with E-state index in [-0.39, 0.29) is 25.5 Å². The molecule has 1 spiro atoms. The number of anilines is 1. The number of hydrogen-bond acceptors (Lipinski definition) is 9. The zero-order valence-corrected chi connectivity index (χ0v) is 27.2. The van der Waals surface area contributed by atoms with Gasteiger partial charge in [0.05, 0.1) is 44.4 Å². The number of rotatable bonds is 7. The summed E-state index contributed by atoms with van der Waals surface area (Å²) in [6, 6.07) is 13.4. The molecule has 0 saturated carbocycles. The van der Waals surface area contributed by atoms with Gasteiger partial charge in [0.2, 0.25) is 11.8 Å². The van der Waals surface area contributed by atoms with E-state index in [1.165, 1.54) is 12.0 Å². The van der Waals surface area contributed by atoms with Crippen molar-refractivity contribution in [3.63, 3.8) is 0 Å². The Hall–Kier alpha value is -4.52. The summed E-state index contributed by atoms with van der Waals surface area (Å²) in [6.07, 6.45) is 5.58. The van der Waals surface area contributed by atoms with E-state index < -0.39 is 72.2 Å². The van der Waals surface area contributed by atoms with Gasteiger partial charge in [0, 0.05) is 25.8 Å². The van der Waals surface area contributed by atoms with E-state index in [9.17, 15) is 24.3 Å². The van der Waals surface area contributed by atoms with Crippen LogP contribution in [0, 0.1) is 11.8 Å². The van der Waals surface area contributed by atoms with Crippen molar-refractivity contribution < 1.29 is 43.2 Å². The van der Waals surface area contributed by atoms with Gasteiger partial charge in [-0.25, -0.2) is 0 Å². The van der Waals surface area contributed by atoms with Crippen LogP contribution in [0.25, 0.3) is 0 Å². The van der Waals surface area contributed by atoms with Crippen LogP contribution in [0.3, 0.4) is 0 Å². The van der Waals surface area contributed by atoms with E-state index in [2.05, 4.69) is 5.32 Å². The molecule has 0 aromatic heterocycles. The van der Waals surface area contributed by atoms with Crippen molar-refractivity contribution in [2.75, 3.05) is 38.9 Å². The van der Waals surface area contributed by atoms with Crippen molar-refractivity contribution in [3.8, 4) is 5.75 Å². The predicted molar refractivity (Wildman–Crippen MR) is 174 cm³/mol. The van der Waals surface area contributed by atoms with E-state index >= 15 is 0 Å². The van der Waals surface area contributed by atoms with E-state index in [1.807, 2.05) is 6.07 Å². The minimum absolute atomic E-state index is 0.0631. The molecule has 4 aliphatic rings. The van der Waals surface area contributed by atoms with Crippen LogP contribution >= 0.6 is 0 Å². The van der Waals surface area contributed by atoms with Gasteiger partial charge < -0.3 is 39.2 Å². The fourth-order valence-corrected chi connectivity index (χ4v) is 7.39. The Morgan fingerprint density at radius 2 is 1.77 bits per heavy atom. The van der Waals surface area contributed by atoms with E-state index in [1.54, 1.807) is 91.8 Å². The molecule has 0 aliphatic carbocycles. The number of hydrogen-bond donors (Lipinski definition) is 2. The third kappa shape index (κ3) is 5.88. The number of carbonyl (C=O) groups is 4. The first-order valence-corrected chi connectivity index (χ1v) is 16.2. The van der Waals surface area contributed by atoms with Crippen LogP contribution in [0.4, 0.5) is 5.69 Å². The van der Waals surface area contributed by atoms with Gasteiger partial charge in [0.15, 0.2) is 0 Å². The number of allylic oxidation sites excluding steroid dienone is 1. The van der Waals surface area contributed by atoms with Gasteiger partial charge in [-0.05, 0) is 43.2 Å². The first-order chi connectivity index (χ1) is 23.2. The van der Waals surface area contributed by atoms with Crippen LogP contribution < -0.4 is 15.0 Å². The Morgan fingerprint density at radius 1 is 1.02 bits per heavy atom. The number of fused-ring (bicyclic) bond motifs is 2. The lowest BCUT2D eigenvalue weighted by atomic mass is 9.77. The molecule has 0 bridgehead atoms. The van der Waals surface area contributed by atoms with Gasteiger partial charge in [0.1, 0.15) is 29.4 Å². The maximum atomic E-state index is 14.6.